The number of hydrogen-bond donors (Lipinski definition) is 1. The molecule has 0 saturated heterocycles. The van der Waals surface area contributed by atoms with Crippen LogP contribution in [0.25, 0.3) is 16.7 Å². The molecule has 9 heteroatoms. The minimum absolute atomic E-state index is 0.175. The van der Waals surface area contributed by atoms with E-state index in [1.165, 1.54) is 17.1 Å². The van der Waals surface area contributed by atoms with Gasteiger partial charge in [0.1, 0.15) is 24.0 Å². The highest BCUT2D eigenvalue weighted by atomic mass is 35.5. The second kappa shape index (κ2) is 7.76. The first-order chi connectivity index (χ1) is 14.0. The number of nitrogens with zero attached hydrogens (tertiary/aromatic N) is 4. The molecule has 1 N–H and O–H groups in total. The van der Waals surface area contributed by atoms with Crippen molar-refractivity contribution in [3.8, 4) is 11.4 Å². The first-order valence-electron chi connectivity index (χ1n) is 8.68. The molecule has 0 aliphatic carbocycles. The van der Waals surface area contributed by atoms with Gasteiger partial charge in [-0.25, -0.2) is 9.67 Å². The summed E-state index contributed by atoms with van der Waals surface area (Å²) in [6, 6.07) is 14.0. The van der Waals surface area contributed by atoms with Gasteiger partial charge >= 0.3 is 0 Å². The van der Waals surface area contributed by atoms with Crippen molar-refractivity contribution in [3.05, 3.63) is 76.4 Å². The van der Waals surface area contributed by atoms with E-state index in [1.54, 1.807) is 60.3 Å². The Hall–Kier alpha value is -3.65. The Morgan fingerprint density at radius 1 is 1.21 bits per heavy atom. The van der Waals surface area contributed by atoms with Crippen LogP contribution in [-0.2, 0) is 11.3 Å². The first-order valence-corrected chi connectivity index (χ1v) is 9.06. The average molecular weight is 410 g/mol. The van der Waals surface area contributed by atoms with E-state index in [0.717, 1.165) is 5.69 Å². The molecule has 0 atom stereocenters. The summed E-state index contributed by atoms with van der Waals surface area (Å²) in [6.07, 6.45) is 2.78. The van der Waals surface area contributed by atoms with Crippen molar-refractivity contribution in [2.75, 3.05) is 12.4 Å². The van der Waals surface area contributed by atoms with Gasteiger partial charge < -0.3 is 10.1 Å². The van der Waals surface area contributed by atoms with E-state index in [4.69, 9.17) is 16.3 Å². The molecule has 2 aromatic carbocycles. The third-order valence-electron chi connectivity index (χ3n) is 4.29. The Morgan fingerprint density at radius 2 is 2.00 bits per heavy atom. The SMILES string of the molecule is COc1cccc(NC(=O)Cn2cnc3c(cnn3-c3ccc(Cl)cc3)c2=O)c1. The third-order valence-corrected chi connectivity index (χ3v) is 4.55. The Balaban J connectivity index is 1.58. The fraction of sp³-hybridized carbons (Fsp3) is 0.100. The van der Waals surface area contributed by atoms with Crippen molar-refractivity contribution in [2.24, 2.45) is 0 Å². The molecular weight excluding hydrogens is 394 g/mol. The number of halogens is 1. The number of rotatable bonds is 5. The van der Waals surface area contributed by atoms with Crippen molar-refractivity contribution in [1.29, 1.82) is 0 Å². The van der Waals surface area contributed by atoms with Crippen LogP contribution in [0.2, 0.25) is 5.02 Å². The van der Waals surface area contributed by atoms with Gasteiger partial charge in [-0.3, -0.25) is 14.2 Å². The number of ether oxygens (including phenoxy) is 1. The molecule has 0 unspecified atom stereocenters. The van der Waals surface area contributed by atoms with Gasteiger partial charge in [0.2, 0.25) is 5.91 Å². The van der Waals surface area contributed by atoms with Crippen LogP contribution in [0.15, 0.2) is 65.8 Å². The third kappa shape index (κ3) is 3.83. The predicted molar refractivity (Wildman–Crippen MR) is 110 cm³/mol. The molecule has 2 heterocycles. The van der Waals surface area contributed by atoms with Crippen LogP contribution in [0.3, 0.4) is 0 Å². The number of aromatic nitrogens is 4. The number of carbonyl (C=O) groups is 1. The Bertz CT molecular complexity index is 1250. The lowest BCUT2D eigenvalue weighted by molar-refractivity contribution is -0.116. The zero-order valence-electron chi connectivity index (χ0n) is 15.4. The molecule has 146 valence electrons. The molecule has 0 spiro atoms. The second-order valence-corrected chi connectivity index (χ2v) is 6.66. The summed E-state index contributed by atoms with van der Waals surface area (Å²) < 4.78 is 7.93. The summed E-state index contributed by atoms with van der Waals surface area (Å²) in [5.41, 5.74) is 1.36. The smallest absolute Gasteiger partial charge is 0.264 e. The van der Waals surface area contributed by atoms with Crippen LogP contribution in [0.4, 0.5) is 5.69 Å². The van der Waals surface area contributed by atoms with Gasteiger partial charge in [-0.05, 0) is 36.4 Å². The minimum Gasteiger partial charge on any atom is -0.497 e. The van der Waals surface area contributed by atoms with Crippen molar-refractivity contribution in [2.45, 2.75) is 6.54 Å². The molecule has 2 aromatic heterocycles. The van der Waals surface area contributed by atoms with Crippen molar-refractivity contribution in [3.63, 3.8) is 0 Å². The van der Waals surface area contributed by atoms with E-state index < -0.39 is 0 Å². The lowest BCUT2D eigenvalue weighted by Gasteiger charge is -2.09. The van der Waals surface area contributed by atoms with E-state index in [2.05, 4.69) is 15.4 Å². The quantitative estimate of drug-likeness (QED) is 0.547. The maximum atomic E-state index is 12.8. The molecule has 4 rings (SSSR count). The summed E-state index contributed by atoms with van der Waals surface area (Å²) in [6.45, 7) is -0.175. The number of amides is 1. The minimum atomic E-state index is -0.355. The number of hydrogen-bond acceptors (Lipinski definition) is 5. The topological polar surface area (TPSA) is 91.0 Å². The van der Waals surface area contributed by atoms with Crippen molar-refractivity contribution >= 4 is 34.2 Å². The fourth-order valence-corrected chi connectivity index (χ4v) is 3.01. The number of methoxy groups -OCH3 is 1. The Kier molecular flexibility index (Phi) is 5.01. The predicted octanol–water partition coefficient (Wildman–Crippen LogP) is 2.88. The summed E-state index contributed by atoms with van der Waals surface area (Å²) in [5, 5.41) is 7.90. The zero-order chi connectivity index (χ0) is 20.4. The summed E-state index contributed by atoms with van der Waals surface area (Å²) in [5.74, 6) is 0.268. The van der Waals surface area contributed by atoms with E-state index in [0.29, 0.717) is 27.5 Å². The molecule has 0 bridgehead atoms. The van der Waals surface area contributed by atoms with Crippen molar-refractivity contribution in [1.82, 2.24) is 19.3 Å². The highest BCUT2D eigenvalue weighted by molar-refractivity contribution is 6.30. The van der Waals surface area contributed by atoms with E-state index >= 15 is 0 Å². The summed E-state index contributed by atoms with van der Waals surface area (Å²) in [4.78, 5) is 29.4. The molecule has 1 amide bonds. The average Bonchev–Trinajstić information content (AvgIpc) is 3.15. The van der Waals surface area contributed by atoms with Gasteiger partial charge in [0.25, 0.3) is 5.56 Å². The van der Waals surface area contributed by atoms with E-state index in [9.17, 15) is 9.59 Å². The molecule has 0 saturated carbocycles. The molecule has 0 aliphatic heterocycles. The number of nitrogens with one attached hydrogen (secondary N) is 1. The van der Waals surface area contributed by atoms with Gasteiger partial charge in [0.05, 0.1) is 19.0 Å². The number of anilines is 1. The molecule has 4 aromatic rings. The highest BCUT2D eigenvalue weighted by Gasteiger charge is 2.13. The number of carbonyl (C=O) groups excluding carboxylic acids is 1. The van der Waals surface area contributed by atoms with Crippen LogP contribution in [0.5, 0.6) is 5.75 Å². The van der Waals surface area contributed by atoms with Crippen LogP contribution in [-0.4, -0.2) is 32.3 Å². The standard InChI is InChI=1S/C20H16ClN5O3/c1-29-16-4-2-3-14(9-16)24-18(27)11-25-12-22-19-17(20(25)28)10-23-26(19)15-7-5-13(21)6-8-15/h2-10,12H,11H2,1H3,(H,24,27). The Morgan fingerprint density at radius 3 is 2.76 bits per heavy atom. The maximum absolute atomic E-state index is 12.8. The van der Waals surface area contributed by atoms with Gasteiger partial charge in [-0.2, -0.15) is 5.10 Å². The number of benzene rings is 2. The molecule has 0 radical (unpaired) electrons. The normalized spacial score (nSPS) is 10.8. The summed E-state index contributed by atoms with van der Waals surface area (Å²) >= 11 is 5.92. The molecule has 29 heavy (non-hydrogen) atoms. The molecule has 0 fully saturated rings. The van der Waals surface area contributed by atoms with Gasteiger partial charge in [0.15, 0.2) is 5.65 Å². The largest absolute Gasteiger partial charge is 0.497 e. The monoisotopic (exact) mass is 409 g/mol. The Labute approximate surface area is 170 Å². The van der Waals surface area contributed by atoms with Crippen molar-refractivity contribution < 1.29 is 9.53 Å². The molecule has 0 aliphatic rings. The second-order valence-electron chi connectivity index (χ2n) is 6.23. The maximum Gasteiger partial charge on any atom is 0.264 e. The zero-order valence-corrected chi connectivity index (χ0v) is 16.1. The van der Waals surface area contributed by atoms with Gasteiger partial charge in [0, 0.05) is 16.8 Å². The van der Waals surface area contributed by atoms with Crippen LogP contribution >= 0.6 is 11.6 Å². The van der Waals surface area contributed by atoms with E-state index in [1.807, 2.05) is 0 Å². The van der Waals surface area contributed by atoms with E-state index in [-0.39, 0.29) is 18.0 Å². The fourth-order valence-electron chi connectivity index (χ4n) is 2.89. The highest BCUT2D eigenvalue weighted by Crippen LogP contribution is 2.18. The lowest BCUT2D eigenvalue weighted by Crippen LogP contribution is -2.27. The number of fused-ring (bicyclic) bond motifs is 1. The lowest BCUT2D eigenvalue weighted by atomic mass is 10.3. The van der Waals surface area contributed by atoms with Crippen LogP contribution < -0.4 is 15.6 Å². The first kappa shape index (κ1) is 18.7. The van der Waals surface area contributed by atoms with Crippen LogP contribution in [0.1, 0.15) is 0 Å². The molecular formula is C20H16ClN5O3. The van der Waals surface area contributed by atoms with Gasteiger partial charge in [-0.1, -0.05) is 17.7 Å². The molecule has 8 nitrogen and oxygen atoms in total. The summed E-state index contributed by atoms with van der Waals surface area (Å²) in [7, 11) is 1.55. The van der Waals surface area contributed by atoms with Gasteiger partial charge in [-0.15, -0.1) is 0 Å². The van der Waals surface area contributed by atoms with Crippen LogP contribution in [0, 0.1) is 0 Å².